The molecule has 0 aromatic carbocycles. The lowest BCUT2D eigenvalue weighted by molar-refractivity contribution is -0.121. The number of carbonyl (C=O) groups is 2. The summed E-state index contributed by atoms with van der Waals surface area (Å²) < 4.78 is 5.30. The molecule has 0 bridgehead atoms. The number of hydrogen-bond acceptors (Lipinski definition) is 6. The van der Waals surface area contributed by atoms with Gasteiger partial charge in [0.15, 0.2) is 5.78 Å². The van der Waals surface area contributed by atoms with Crippen LogP contribution in [0.3, 0.4) is 0 Å². The fourth-order valence-electron chi connectivity index (χ4n) is 2.96. The normalized spacial score (nSPS) is 12.6. The zero-order chi connectivity index (χ0) is 22.0. The predicted octanol–water partition coefficient (Wildman–Crippen LogP) is 4.26. The van der Waals surface area contributed by atoms with E-state index in [1.165, 1.54) is 32.1 Å². The first-order chi connectivity index (χ1) is 13.8. The average Bonchev–Trinajstić information content (AvgIpc) is 2.64. The van der Waals surface area contributed by atoms with Crippen LogP contribution in [-0.4, -0.2) is 55.2 Å². The molecular formula is C22H45N3O3S. The fraction of sp³-hybridized carbons (Fsp3) is 0.909. The first-order valence-electron chi connectivity index (χ1n) is 11.2. The van der Waals surface area contributed by atoms with E-state index in [4.69, 9.17) is 10.5 Å². The Kier molecular flexibility index (Phi) is 17.5. The van der Waals surface area contributed by atoms with Crippen molar-refractivity contribution in [1.82, 2.24) is 10.6 Å². The smallest absolute Gasteiger partial charge is 0.408 e. The summed E-state index contributed by atoms with van der Waals surface area (Å²) in [5.41, 5.74) is 4.90. The van der Waals surface area contributed by atoms with Gasteiger partial charge < -0.3 is 21.1 Å². The van der Waals surface area contributed by atoms with Crippen LogP contribution in [0.25, 0.3) is 0 Å². The molecule has 0 saturated carbocycles. The van der Waals surface area contributed by atoms with Gasteiger partial charge in [0.05, 0.1) is 6.04 Å². The topological polar surface area (TPSA) is 93.4 Å². The van der Waals surface area contributed by atoms with Gasteiger partial charge in [0.1, 0.15) is 5.60 Å². The van der Waals surface area contributed by atoms with Crippen molar-refractivity contribution >= 4 is 23.6 Å². The summed E-state index contributed by atoms with van der Waals surface area (Å²) in [5, 5.41) is 6.17. The summed E-state index contributed by atoms with van der Waals surface area (Å²) in [5.74, 6) is 0.960. The van der Waals surface area contributed by atoms with Gasteiger partial charge in [0, 0.05) is 6.42 Å². The molecule has 1 amide bonds. The third-order valence-corrected chi connectivity index (χ3v) is 5.17. The summed E-state index contributed by atoms with van der Waals surface area (Å²) in [6.45, 7) is 8.32. The number of thioether (sulfide) groups is 1. The maximum absolute atomic E-state index is 12.5. The molecule has 4 N–H and O–H groups in total. The van der Waals surface area contributed by atoms with E-state index in [9.17, 15) is 9.59 Å². The second-order valence-electron chi connectivity index (χ2n) is 8.56. The number of amides is 1. The molecule has 0 aliphatic carbocycles. The van der Waals surface area contributed by atoms with Crippen molar-refractivity contribution in [3.8, 4) is 0 Å². The molecule has 0 rings (SSSR count). The van der Waals surface area contributed by atoms with Crippen LogP contribution in [0.15, 0.2) is 0 Å². The molecule has 0 aliphatic heterocycles. The first kappa shape index (κ1) is 28.2. The molecule has 0 radical (unpaired) electrons. The van der Waals surface area contributed by atoms with E-state index in [0.717, 1.165) is 44.6 Å². The molecule has 7 heteroatoms. The second kappa shape index (κ2) is 18.0. The lowest BCUT2D eigenvalue weighted by atomic mass is 10.0. The van der Waals surface area contributed by atoms with E-state index in [2.05, 4.69) is 10.6 Å². The van der Waals surface area contributed by atoms with Crippen LogP contribution in [0, 0.1) is 0 Å². The number of unbranched alkanes of at least 4 members (excludes halogenated alkanes) is 6. The minimum absolute atomic E-state index is 0.119. The molecule has 0 fully saturated rings. The number of Topliss-reactive ketones (excluding diaryl/α,β-unsaturated/α-hetero) is 1. The summed E-state index contributed by atoms with van der Waals surface area (Å²) >= 11 is 1.68. The third kappa shape index (κ3) is 18.9. The van der Waals surface area contributed by atoms with Gasteiger partial charge in [-0.15, -0.1) is 0 Å². The highest BCUT2D eigenvalue weighted by atomic mass is 32.2. The Labute approximate surface area is 182 Å². The van der Waals surface area contributed by atoms with E-state index in [0.29, 0.717) is 12.8 Å². The number of ether oxygens (including phenoxy) is 1. The Hall–Kier alpha value is -0.790. The zero-order valence-corrected chi connectivity index (χ0v) is 20.0. The fourth-order valence-corrected chi connectivity index (χ4v) is 3.43. The Morgan fingerprint density at radius 1 is 0.966 bits per heavy atom. The molecular weight excluding hydrogens is 386 g/mol. The molecule has 0 aromatic heterocycles. The van der Waals surface area contributed by atoms with Crippen molar-refractivity contribution in [2.24, 2.45) is 5.73 Å². The number of alkyl carbamates (subject to hydrolysis) is 1. The van der Waals surface area contributed by atoms with Crippen molar-refractivity contribution in [3.63, 3.8) is 0 Å². The first-order valence-corrected chi connectivity index (χ1v) is 12.6. The number of nitrogens with one attached hydrogen (secondary N) is 2. The number of hydrogen-bond donors (Lipinski definition) is 3. The Morgan fingerprint density at radius 2 is 1.55 bits per heavy atom. The molecule has 29 heavy (non-hydrogen) atoms. The largest absolute Gasteiger partial charge is 0.444 e. The number of carbonyl (C=O) groups excluding carboxylic acids is 2. The highest BCUT2D eigenvalue weighted by Gasteiger charge is 2.23. The maximum atomic E-state index is 12.5. The summed E-state index contributed by atoms with van der Waals surface area (Å²) in [4.78, 5) is 24.5. The van der Waals surface area contributed by atoms with Crippen molar-refractivity contribution in [1.29, 1.82) is 0 Å². The minimum atomic E-state index is -0.558. The van der Waals surface area contributed by atoms with Crippen molar-refractivity contribution in [2.45, 2.75) is 96.6 Å². The zero-order valence-electron chi connectivity index (χ0n) is 19.2. The Balaban J connectivity index is 3.89. The summed E-state index contributed by atoms with van der Waals surface area (Å²) in [7, 11) is 0. The van der Waals surface area contributed by atoms with E-state index in [1.807, 2.05) is 27.0 Å². The van der Waals surface area contributed by atoms with Crippen molar-refractivity contribution < 1.29 is 14.3 Å². The summed E-state index contributed by atoms with van der Waals surface area (Å²) in [6, 6.07) is -0.441. The molecule has 172 valence electrons. The molecule has 0 spiro atoms. The van der Waals surface area contributed by atoms with Gasteiger partial charge in [-0.05, 0) is 78.1 Å². The third-order valence-electron chi connectivity index (χ3n) is 4.52. The van der Waals surface area contributed by atoms with E-state index >= 15 is 0 Å². The monoisotopic (exact) mass is 431 g/mol. The number of rotatable bonds is 18. The van der Waals surface area contributed by atoms with Crippen LogP contribution in [0.5, 0.6) is 0 Å². The summed E-state index contributed by atoms with van der Waals surface area (Å²) in [6.07, 6.45) is 11.8. The van der Waals surface area contributed by atoms with Crippen molar-refractivity contribution in [3.05, 3.63) is 0 Å². The van der Waals surface area contributed by atoms with E-state index in [1.54, 1.807) is 11.8 Å². The van der Waals surface area contributed by atoms with Gasteiger partial charge in [-0.25, -0.2) is 4.79 Å². The van der Waals surface area contributed by atoms with Gasteiger partial charge in [-0.2, -0.15) is 11.8 Å². The van der Waals surface area contributed by atoms with Crippen LogP contribution in [-0.2, 0) is 9.53 Å². The molecule has 0 aliphatic rings. The van der Waals surface area contributed by atoms with E-state index < -0.39 is 17.7 Å². The quantitative estimate of drug-likeness (QED) is 0.281. The molecule has 1 unspecified atom stereocenters. The van der Waals surface area contributed by atoms with Crippen LogP contribution in [0.1, 0.15) is 85.0 Å². The van der Waals surface area contributed by atoms with Gasteiger partial charge in [-0.1, -0.05) is 32.1 Å². The van der Waals surface area contributed by atoms with Crippen LogP contribution >= 0.6 is 11.8 Å². The highest BCUT2D eigenvalue weighted by molar-refractivity contribution is 7.98. The molecule has 0 saturated heterocycles. The Bertz CT molecular complexity index is 428. The van der Waals surface area contributed by atoms with Gasteiger partial charge in [0.2, 0.25) is 0 Å². The van der Waals surface area contributed by atoms with E-state index in [-0.39, 0.29) is 5.78 Å². The molecule has 1 atom stereocenters. The Morgan fingerprint density at radius 3 is 2.14 bits per heavy atom. The standard InChI is InChI=1S/C22H45N3O3S/c1-22(2,3)28-21(27)25-19(14-18-29-4)20(26)13-10-8-6-5-7-9-11-16-24-17-12-15-23/h19,24H,5-18,23H2,1-4H3,(H,25,27). The number of nitrogens with two attached hydrogens (primary N) is 1. The van der Waals surface area contributed by atoms with Crippen LogP contribution < -0.4 is 16.4 Å². The lowest BCUT2D eigenvalue weighted by Gasteiger charge is -2.23. The second-order valence-corrected chi connectivity index (χ2v) is 9.55. The average molecular weight is 432 g/mol. The SMILES string of the molecule is CSCCC(NC(=O)OC(C)(C)C)C(=O)CCCCCCCCCNCCCN. The van der Waals surface area contributed by atoms with Crippen LogP contribution in [0.4, 0.5) is 4.79 Å². The molecule has 6 nitrogen and oxygen atoms in total. The van der Waals surface area contributed by atoms with Gasteiger partial charge >= 0.3 is 6.09 Å². The predicted molar refractivity (Wildman–Crippen MR) is 125 cm³/mol. The molecule has 0 heterocycles. The lowest BCUT2D eigenvalue weighted by Crippen LogP contribution is -2.43. The van der Waals surface area contributed by atoms with Crippen LogP contribution in [0.2, 0.25) is 0 Å². The molecule has 0 aromatic rings. The maximum Gasteiger partial charge on any atom is 0.408 e. The number of ketones is 1. The van der Waals surface area contributed by atoms with Crippen molar-refractivity contribution in [2.75, 3.05) is 31.6 Å². The highest BCUT2D eigenvalue weighted by Crippen LogP contribution is 2.12. The minimum Gasteiger partial charge on any atom is -0.444 e. The van der Waals surface area contributed by atoms with Gasteiger partial charge in [0.25, 0.3) is 0 Å². The van der Waals surface area contributed by atoms with Gasteiger partial charge in [-0.3, -0.25) is 4.79 Å².